The molecule has 0 unspecified atom stereocenters. The van der Waals surface area contributed by atoms with E-state index in [9.17, 15) is 19.5 Å². The van der Waals surface area contributed by atoms with E-state index in [1.807, 2.05) is 19.0 Å². The fourth-order valence-corrected chi connectivity index (χ4v) is 3.22. The van der Waals surface area contributed by atoms with Crippen LogP contribution in [0.25, 0.3) is 16.6 Å². The lowest BCUT2D eigenvalue weighted by Gasteiger charge is -2.17. The SMILES string of the molecule is CNC(=O)c1ccc2c(c1)c(C(N)=O)nn2-c1cccc(C#C[C@@](O)(C=O)CCN(C)C)c1. The highest BCUT2D eigenvalue weighted by atomic mass is 16.3. The van der Waals surface area contributed by atoms with Crippen molar-refractivity contribution in [2.24, 2.45) is 5.73 Å². The minimum Gasteiger partial charge on any atom is -0.371 e. The van der Waals surface area contributed by atoms with E-state index >= 15 is 0 Å². The zero-order valence-corrected chi connectivity index (χ0v) is 18.6. The number of fused-ring (bicyclic) bond motifs is 1. The van der Waals surface area contributed by atoms with E-state index in [1.165, 1.54) is 11.7 Å². The van der Waals surface area contributed by atoms with E-state index in [0.717, 1.165) is 0 Å². The number of hydrogen-bond acceptors (Lipinski definition) is 6. The van der Waals surface area contributed by atoms with E-state index in [-0.39, 0.29) is 18.0 Å². The molecule has 3 rings (SSSR count). The van der Waals surface area contributed by atoms with Gasteiger partial charge in [0.1, 0.15) is 0 Å². The fraction of sp³-hybridized carbons (Fsp3) is 0.250. The molecule has 1 aromatic heterocycles. The molecule has 3 aromatic rings. The van der Waals surface area contributed by atoms with E-state index < -0.39 is 11.5 Å². The van der Waals surface area contributed by atoms with Gasteiger partial charge in [-0.1, -0.05) is 17.9 Å². The van der Waals surface area contributed by atoms with Gasteiger partial charge in [-0.2, -0.15) is 5.10 Å². The summed E-state index contributed by atoms with van der Waals surface area (Å²) in [6.45, 7) is 0.497. The van der Waals surface area contributed by atoms with Crippen LogP contribution in [0.15, 0.2) is 42.5 Å². The van der Waals surface area contributed by atoms with E-state index in [0.29, 0.717) is 40.5 Å². The summed E-state index contributed by atoms with van der Waals surface area (Å²) >= 11 is 0. The van der Waals surface area contributed by atoms with Crippen molar-refractivity contribution in [3.63, 3.8) is 0 Å². The molecule has 2 amide bonds. The van der Waals surface area contributed by atoms with Crippen LogP contribution in [-0.4, -0.2) is 71.2 Å². The van der Waals surface area contributed by atoms with Gasteiger partial charge in [-0.3, -0.25) is 14.4 Å². The lowest BCUT2D eigenvalue weighted by atomic mass is 10.0. The number of rotatable bonds is 7. The lowest BCUT2D eigenvalue weighted by Crippen LogP contribution is -2.33. The summed E-state index contributed by atoms with van der Waals surface area (Å²) in [4.78, 5) is 37.2. The second kappa shape index (κ2) is 9.65. The van der Waals surface area contributed by atoms with Gasteiger partial charge in [0.15, 0.2) is 17.6 Å². The van der Waals surface area contributed by atoms with E-state index in [2.05, 4.69) is 22.3 Å². The van der Waals surface area contributed by atoms with Gasteiger partial charge < -0.3 is 21.1 Å². The molecule has 1 atom stereocenters. The third-order valence-corrected chi connectivity index (χ3v) is 5.05. The fourth-order valence-electron chi connectivity index (χ4n) is 3.22. The van der Waals surface area contributed by atoms with Gasteiger partial charge in [-0.15, -0.1) is 0 Å². The van der Waals surface area contributed by atoms with Gasteiger partial charge in [0.2, 0.25) is 0 Å². The molecule has 170 valence electrons. The van der Waals surface area contributed by atoms with Crippen LogP contribution < -0.4 is 11.1 Å². The van der Waals surface area contributed by atoms with Crippen molar-refractivity contribution in [3.05, 3.63) is 59.3 Å². The normalized spacial score (nSPS) is 12.6. The third kappa shape index (κ3) is 5.26. The Bertz CT molecular complexity index is 1280. The van der Waals surface area contributed by atoms with Crippen LogP contribution in [0.2, 0.25) is 0 Å². The molecular weight excluding hydrogens is 422 g/mol. The zero-order valence-electron chi connectivity index (χ0n) is 18.6. The molecule has 9 nitrogen and oxygen atoms in total. The molecule has 0 spiro atoms. The van der Waals surface area contributed by atoms with E-state index in [4.69, 9.17) is 5.73 Å². The van der Waals surface area contributed by atoms with Gasteiger partial charge in [0, 0.05) is 36.5 Å². The number of nitrogens with one attached hydrogen (secondary N) is 1. The molecule has 0 saturated heterocycles. The van der Waals surface area contributed by atoms with Crippen molar-refractivity contribution < 1.29 is 19.5 Å². The molecule has 0 fully saturated rings. The first-order valence-electron chi connectivity index (χ1n) is 10.2. The summed E-state index contributed by atoms with van der Waals surface area (Å²) in [6, 6.07) is 11.8. The van der Waals surface area contributed by atoms with Crippen LogP contribution >= 0.6 is 0 Å². The number of benzene rings is 2. The first kappa shape index (κ1) is 23.7. The monoisotopic (exact) mass is 447 g/mol. The number of hydrogen-bond donors (Lipinski definition) is 3. The number of nitrogens with two attached hydrogens (primary N) is 1. The maximum absolute atomic E-state index is 12.0. The molecule has 0 radical (unpaired) electrons. The topological polar surface area (TPSA) is 131 Å². The highest BCUT2D eigenvalue weighted by molar-refractivity contribution is 6.07. The first-order valence-corrected chi connectivity index (χ1v) is 10.2. The molecule has 0 aliphatic carbocycles. The highest BCUT2D eigenvalue weighted by Gasteiger charge is 2.23. The van der Waals surface area contributed by atoms with E-state index in [1.54, 1.807) is 42.5 Å². The maximum Gasteiger partial charge on any atom is 0.269 e. The third-order valence-electron chi connectivity index (χ3n) is 5.05. The Morgan fingerprint density at radius 2 is 2.03 bits per heavy atom. The number of carbonyl (C=O) groups excluding carboxylic acids is 3. The van der Waals surface area contributed by atoms with Crippen LogP contribution in [0.5, 0.6) is 0 Å². The minimum atomic E-state index is -1.76. The molecule has 0 bridgehead atoms. The molecule has 0 aliphatic heterocycles. The number of carbonyl (C=O) groups is 3. The number of amides is 2. The second-order valence-electron chi connectivity index (χ2n) is 7.83. The van der Waals surface area contributed by atoms with Gasteiger partial charge in [0.25, 0.3) is 11.8 Å². The maximum atomic E-state index is 12.0. The Morgan fingerprint density at radius 1 is 1.27 bits per heavy atom. The van der Waals surface area contributed by atoms with Crippen LogP contribution in [0.1, 0.15) is 32.8 Å². The summed E-state index contributed by atoms with van der Waals surface area (Å²) in [7, 11) is 5.20. The highest BCUT2D eigenvalue weighted by Crippen LogP contribution is 2.24. The second-order valence-corrected chi connectivity index (χ2v) is 7.83. The number of nitrogens with zero attached hydrogens (tertiary/aromatic N) is 3. The van der Waals surface area contributed by atoms with Crippen molar-refractivity contribution in [2.45, 2.75) is 12.0 Å². The van der Waals surface area contributed by atoms with Crippen molar-refractivity contribution >= 4 is 29.0 Å². The average molecular weight is 447 g/mol. The number of primary amides is 1. The largest absolute Gasteiger partial charge is 0.371 e. The van der Waals surface area contributed by atoms with Crippen molar-refractivity contribution in [2.75, 3.05) is 27.7 Å². The van der Waals surface area contributed by atoms with Crippen molar-refractivity contribution in [1.29, 1.82) is 0 Å². The summed E-state index contributed by atoms with van der Waals surface area (Å²) < 4.78 is 1.53. The molecular formula is C24H25N5O4. The Kier molecular flexibility index (Phi) is 6.92. The Balaban J connectivity index is 2.04. The Hall–Kier alpha value is -4.00. The smallest absolute Gasteiger partial charge is 0.269 e. The van der Waals surface area contributed by atoms with Crippen molar-refractivity contribution in [3.8, 4) is 17.5 Å². The predicted octanol–water partition coefficient (Wildman–Crippen LogP) is 0.717. The first-order chi connectivity index (χ1) is 15.7. The number of aldehydes is 1. The summed E-state index contributed by atoms with van der Waals surface area (Å²) in [6.07, 6.45) is 0.618. The quantitative estimate of drug-likeness (QED) is 0.361. The average Bonchev–Trinajstić information content (AvgIpc) is 3.20. The Labute approximate surface area is 191 Å². The number of aliphatic hydroxyl groups is 1. The molecule has 0 aliphatic rings. The van der Waals surface area contributed by atoms with Gasteiger partial charge >= 0.3 is 0 Å². The van der Waals surface area contributed by atoms with Gasteiger partial charge in [0.05, 0.1) is 11.2 Å². The molecule has 2 aromatic carbocycles. The van der Waals surface area contributed by atoms with Crippen LogP contribution in [0, 0.1) is 11.8 Å². The summed E-state index contributed by atoms with van der Waals surface area (Å²) in [5.74, 6) is 4.47. The summed E-state index contributed by atoms with van der Waals surface area (Å²) in [5.41, 5.74) is 5.89. The van der Waals surface area contributed by atoms with Gasteiger partial charge in [-0.25, -0.2) is 4.68 Å². The molecule has 4 N–H and O–H groups in total. The Morgan fingerprint density at radius 3 is 2.67 bits per heavy atom. The molecule has 33 heavy (non-hydrogen) atoms. The predicted molar refractivity (Wildman–Crippen MR) is 124 cm³/mol. The van der Waals surface area contributed by atoms with Crippen LogP contribution in [0.3, 0.4) is 0 Å². The van der Waals surface area contributed by atoms with Crippen molar-refractivity contribution in [1.82, 2.24) is 20.0 Å². The summed E-state index contributed by atoms with van der Waals surface area (Å²) in [5, 5.41) is 17.8. The van der Waals surface area contributed by atoms with Crippen LogP contribution in [0.4, 0.5) is 0 Å². The lowest BCUT2D eigenvalue weighted by molar-refractivity contribution is -0.119. The number of aromatic nitrogens is 2. The van der Waals surface area contributed by atoms with Gasteiger partial charge in [-0.05, 0) is 50.5 Å². The minimum absolute atomic E-state index is 0.0336. The molecule has 1 heterocycles. The standard InChI is InChI=1S/C24H25N5O4/c1-26-23(32)17-7-8-20-19(14-17)21(22(25)31)27-29(20)18-6-4-5-16(13-18)9-10-24(33,15-30)11-12-28(2)3/h4-8,13-15,33H,11-12H2,1-3H3,(H2,25,31)(H,26,32)/t24-/m0/s1. The molecule has 0 saturated carbocycles. The zero-order chi connectivity index (χ0) is 24.2. The molecule has 9 heteroatoms. The van der Waals surface area contributed by atoms with Crippen LogP contribution in [-0.2, 0) is 4.79 Å².